The molecule has 54 heavy (non-hydrogen) atoms. The van der Waals surface area contributed by atoms with E-state index in [1.165, 1.54) is 27.8 Å². The number of benzene rings is 8. The number of fused-ring (bicyclic) bond motifs is 9. The SMILES string of the molecule is CC1(C)c2ccccc2-c2c(-c3ccccc3N(c3ccc4c(c3)oc3ccccc34)c3ccccc3-c3ccc4oc5ccccc5c4c3)cccc21. The first-order valence-corrected chi connectivity index (χ1v) is 18.6. The fraction of sp³-hybridized carbons (Fsp3) is 0.0588. The van der Waals surface area contributed by atoms with E-state index in [2.05, 4.69) is 170 Å². The summed E-state index contributed by atoms with van der Waals surface area (Å²) in [5, 5.41) is 4.45. The predicted molar refractivity (Wildman–Crippen MR) is 224 cm³/mol. The number of rotatable bonds is 5. The molecule has 2 heterocycles. The molecule has 256 valence electrons. The van der Waals surface area contributed by atoms with Crippen LogP contribution < -0.4 is 4.90 Å². The van der Waals surface area contributed by atoms with Crippen molar-refractivity contribution in [1.29, 1.82) is 0 Å². The molecule has 8 aromatic carbocycles. The number of hydrogen-bond donors (Lipinski definition) is 0. The lowest BCUT2D eigenvalue weighted by molar-refractivity contribution is 0.660. The lowest BCUT2D eigenvalue weighted by Gasteiger charge is -2.30. The van der Waals surface area contributed by atoms with Gasteiger partial charge in [-0.25, -0.2) is 0 Å². The lowest BCUT2D eigenvalue weighted by Crippen LogP contribution is -2.15. The van der Waals surface area contributed by atoms with Crippen molar-refractivity contribution in [2.45, 2.75) is 19.3 Å². The standard InChI is InChI=1S/C51H35NO2/c1-51(2)42-20-8-3-18-40(42)50-39(19-13-21-43(50)51)35-15-5-10-23-45(35)52(33-27-28-38-36-16-6-11-24-46(36)54-49(38)31-33)44-22-9-4-14-34(44)32-26-29-48-41(30-32)37-17-7-12-25-47(37)53-48/h3-31H,1-2H3. The Hall–Kier alpha value is -6.84. The van der Waals surface area contributed by atoms with Gasteiger partial charge in [0.25, 0.3) is 0 Å². The Balaban J connectivity index is 1.18. The van der Waals surface area contributed by atoms with Crippen LogP contribution in [-0.2, 0) is 5.41 Å². The van der Waals surface area contributed by atoms with E-state index in [4.69, 9.17) is 8.83 Å². The first-order valence-electron chi connectivity index (χ1n) is 18.6. The third-order valence-corrected chi connectivity index (χ3v) is 11.5. The van der Waals surface area contributed by atoms with Crippen LogP contribution in [0, 0.1) is 0 Å². The van der Waals surface area contributed by atoms with Gasteiger partial charge in [-0.1, -0.05) is 135 Å². The Labute approximate surface area is 313 Å². The normalized spacial score (nSPS) is 13.1. The average Bonchev–Trinajstić information content (AvgIpc) is 3.85. The molecule has 0 N–H and O–H groups in total. The Kier molecular flexibility index (Phi) is 6.60. The largest absolute Gasteiger partial charge is 0.456 e. The summed E-state index contributed by atoms with van der Waals surface area (Å²) in [6, 6.07) is 63.1. The molecule has 0 unspecified atom stereocenters. The van der Waals surface area contributed by atoms with E-state index in [-0.39, 0.29) is 5.41 Å². The first-order chi connectivity index (χ1) is 26.5. The highest BCUT2D eigenvalue weighted by Gasteiger charge is 2.37. The molecule has 1 aliphatic carbocycles. The molecular formula is C51H35NO2. The summed E-state index contributed by atoms with van der Waals surface area (Å²) < 4.78 is 12.8. The molecule has 3 nitrogen and oxygen atoms in total. The van der Waals surface area contributed by atoms with Crippen molar-refractivity contribution in [2.75, 3.05) is 4.90 Å². The van der Waals surface area contributed by atoms with Gasteiger partial charge < -0.3 is 13.7 Å². The van der Waals surface area contributed by atoms with Crippen molar-refractivity contribution >= 4 is 60.9 Å². The molecule has 0 aliphatic heterocycles. The molecule has 0 atom stereocenters. The monoisotopic (exact) mass is 693 g/mol. The minimum Gasteiger partial charge on any atom is -0.456 e. The van der Waals surface area contributed by atoms with E-state index >= 15 is 0 Å². The summed E-state index contributed by atoms with van der Waals surface area (Å²) in [4.78, 5) is 2.42. The quantitative estimate of drug-likeness (QED) is 0.180. The number of furan rings is 2. The number of para-hydroxylation sites is 4. The highest BCUT2D eigenvalue weighted by Crippen LogP contribution is 2.54. The van der Waals surface area contributed by atoms with Crippen molar-refractivity contribution in [3.8, 4) is 33.4 Å². The molecule has 0 bridgehead atoms. The van der Waals surface area contributed by atoms with Gasteiger partial charge in [0, 0.05) is 49.8 Å². The predicted octanol–water partition coefficient (Wildman–Crippen LogP) is 14.6. The summed E-state index contributed by atoms with van der Waals surface area (Å²) in [6.45, 7) is 4.69. The van der Waals surface area contributed by atoms with Gasteiger partial charge in [-0.2, -0.15) is 0 Å². The Morgan fingerprint density at radius 2 is 0.944 bits per heavy atom. The van der Waals surface area contributed by atoms with Crippen molar-refractivity contribution < 1.29 is 8.83 Å². The van der Waals surface area contributed by atoms with Crippen LogP contribution in [0.5, 0.6) is 0 Å². The van der Waals surface area contributed by atoms with Crippen LogP contribution in [0.3, 0.4) is 0 Å². The molecule has 10 aromatic rings. The zero-order valence-corrected chi connectivity index (χ0v) is 30.0. The van der Waals surface area contributed by atoms with Gasteiger partial charge in [0.05, 0.1) is 11.4 Å². The summed E-state index contributed by atoms with van der Waals surface area (Å²) >= 11 is 0. The average molecular weight is 694 g/mol. The van der Waals surface area contributed by atoms with Gasteiger partial charge in [0.1, 0.15) is 22.3 Å². The highest BCUT2D eigenvalue weighted by atomic mass is 16.3. The van der Waals surface area contributed by atoms with Crippen molar-refractivity contribution in [2.24, 2.45) is 0 Å². The molecule has 2 aromatic heterocycles. The van der Waals surface area contributed by atoms with E-state index < -0.39 is 0 Å². The van der Waals surface area contributed by atoms with E-state index in [9.17, 15) is 0 Å². The van der Waals surface area contributed by atoms with E-state index in [1.807, 2.05) is 24.3 Å². The second-order valence-electron chi connectivity index (χ2n) is 14.9. The van der Waals surface area contributed by atoms with Gasteiger partial charge in [-0.05, 0) is 81.9 Å². The van der Waals surface area contributed by atoms with Gasteiger partial charge in [0.15, 0.2) is 0 Å². The van der Waals surface area contributed by atoms with Crippen LogP contribution in [-0.4, -0.2) is 0 Å². The third kappa shape index (κ3) is 4.48. The molecule has 1 aliphatic rings. The minimum atomic E-state index is -0.106. The fourth-order valence-corrected chi connectivity index (χ4v) is 8.94. The number of anilines is 3. The second kappa shape index (κ2) is 11.6. The van der Waals surface area contributed by atoms with Gasteiger partial charge in [0.2, 0.25) is 0 Å². The van der Waals surface area contributed by atoms with Crippen LogP contribution in [0.4, 0.5) is 17.1 Å². The molecule has 0 radical (unpaired) electrons. The fourth-order valence-electron chi connectivity index (χ4n) is 8.94. The summed E-state index contributed by atoms with van der Waals surface area (Å²) in [5.74, 6) is 0. The Morgan fingerprint density at radius 3 is 1.74 bits per heavy atom. The maximum atomic E-state index is 6.51. The summed E-state index contributed by atoms with van der Waals surface area (Å²) in [5.41, 5.74) is 16.6. The lowest BCUT2D eigenvalue weighted by atomic mass is 9.82. The summed E-state index contributed by atoms with van der Waals surface area (Å²) in [6.07, 6.45) is 0. The zero-order valence-electron chi connectivity index (χ0n) is 30.0. The summed E-state index contributed by atoms with van der Waals surface area (Å²) in [7, 11) is 0. The molecule has 0 spiro atoms. The van der Waals surface area contributed by atoms with Gasteiger partial charge >= 0.3 is 0 Å². The van der Waals surface area contributed by atoms with Crippen LogP contribution >= 0.6 is 0 Å². The molecule has 0 saturated carbocycles. The van der Waals surface area contributed by atoms with Crippen LogP contribution in [0.15, 0.2) is 185 Å². The minimum absolute atomic E-state index is 0.106. The van der Waals surface area contributed by atoms with Gasteiger partial charge in [-0.3, -0.25) is 0 Å². The first kappa shape index (κ1) is 30.8. The molecule has 0 saturated heterocycles. The smallest absolute Gasteiger partial charge is 0.137 e. The van der Waals surface area contributed by atoms with Crippen LogP contribution in [0.1, 0.15) is 25.0 Å². The van der Waals surface area contributed by atoms with Crippen LogP contribution in [0.2, 0.25) is 0 Å². The van der Waals surface area contributed by atoms with Crippen LogP contribution in [0.25, 0.3) is 77.3 Å². The molecule has 11 rings (SSSR count). The molecule has 0 amide bonds. The molecule has 0 fully saturated rings. The maximum absolute atomic E-state index is 6.51. The van der Waals surface area contributed by atoms with Crippen molar-refractivity contribution in [3.63, 3.8) is 0 Å². The maximum Gasteiger partial charge on any atom is 0.137 e. The molecular weight excluding hydrogens is 659 g/mol. The van der Waals surface area contributed by atoms with Crippen molar-refractivity contribution in [3.05, 3.63) is 187 Å². The zero-order chi connectivity index (χ0) is 36.0. The number of hydrogen-bond acceptors (Lipinski definition) is 3. The van der Waals surface area contributed by atoms with E-state index in [0.29, 0.717) is 0 Å². The highest BCUT2D eigenvalue weighted by molar-refractivity contribution is 6.09. The topological polar surface area (TPSA) is 29.5 Å². The number of nitrogens with zero attached hydrogens (tertiary/aromatic N) is 1. The Bertz CT molecular complexity index is 3100. The van der Waals surface area contributed by atoms with E-state index in [1.54, 1.807) is 0 Å². The second-order valence-corrected chi connectivity index (χ2v) is 14.9. The Morgan fingerprint density at radius 1 is 0.389 bits per heavy atom. The van der Waals surface area contributed by atoms with E-state index in [0.717, 1.165) is 77.6 Å². The van der Waals surface area contributed by atoms with Gasteiger partial charge in [-0.15, -0.1) is 0 Å². The van der Waals surface area contributed by atoms with Crippen molar-refractivity contribution in [1.82, 2.24) is 0 Å². The third-order valence-electron chi connectivity index (χ3n) is 11.5. The molecule has 3 heteroatoms.